The van der Waals surface area contributed by atoms with E-state index < -0.39 is 5.41 Å². The molecule has 1 saturated carbocycles. The first-order valence-electron chi connectivity index (χ1n) is 10.4. The molecule has 0 spiro atoms. The first-order valence-corrected chi connectivity index (χ1v) is 10.4. The third-order valence-electron chi connectivity index (χ3n) is 6.25. The van der Waals surface area contributed by atoms with Crippen LogP contribution in [0.5, 0.6) is 0 Å². The summed E-state index contributed by atoms with van der Waals surface area (Å²) in [7, 11) is 0. The van der Waals surface area contributed by atoms with E-state index in [2.05, 4.69) is 37.1 Å². The SMILES string of the molecule is CCN(CC)c1ccc(NC(=O)C2(C(=O)N3CCC(C)CC3)CC2)c(C)c1. The summed E-state index contributed by atoms with van der Waals surface area (Å²) in [5, 5.41) is 3.04. The van der Waals surface area contributed by atoms with Crippen LogP contribution >= 0.6 is 0 Å². The zero-order chi connectivity index (χ0) is 19.6. The van der Waals surface area contributed by atoms with Crippen molar-refractivity contribution in [2.75, 3.05) is 36.4 Å². The lowest BCUT2D eigenvalue weighted by Gasteiger charge is -2.33. The molecule has 0 aromatic heterocycles. The van der Waals surface area contributed by atoms with E-state index in [0.29, 0.717) is 18.8 Å². The van der Waals surface area contributed by atoms with Gasteiger partial charge in [-0.05, 0) is 76.1 Å². The van der Waals surface area contributed by atoms with Crippen molar-refractivity contribution in [3.63, 3.8) is 0 Å². The number of rotatable bonds is 6. The molecular formula is C22H33N3O2. The Labute approximate surface area is 163 Å². The first kappa shape index (κ1) is 19.7. The van der Waals surface area contributed by atoms with Crippen LogP contribution in [0.15, 0.2) is 18.2 Å². The number of piperidine rings is 1. The smallest absolute Gasteiger partial charge is 0.240 e. The number of benzene rings is 1. The van der Waals surface area contributed by atoms with Crippen LogP contribution < -0.4 is 10.2 Å². The predicted octanol–water partition coefficient (Wildman–Crippen LogP) is 3.82. The van der Waals surface area contributed by atoms with Crippen LogP contribution in [0.25, 0.3) is 0 Å². The van der Waals surface area contributed by atoms with E-state index in [1.54, 1.807) is 0 Å². The number of nitrogens with one attached hydrogen (secondary N) is 1. The van der Waals surface area contributed by atoms with Crippen LogP contribution in [0.2, 0.25) is 0 Å². The van der Waals surface area contributed by atoms with Crippen molar-refractivity contribution in [2.24, 2.45) is 11.3 Å². The Balaban J connectivity index is 1.69. The summed E-state index contributed by atoms with van der Waals surface area (Å²) in [6.07, 6.45) is 3.41. The van der Waals surface area contributed by atoms with Gasteiger partial charge in [0, 0.05) is 37.6 Å². The van der Waals surface area contributed by atoms with Crippen molar-refractivity contribution in [1.82, 2.24) is 4.90 Å². The number of amides is 2. The molecule has 1 aliphatic heterocycles. The van der Waals surface area contributed by atoms with Crippen LogP contribution in [-0.2, 0) is 9.59 Å². The highest BCUT2D eigenvalue weighted by Gasteiger charge is 2.58. The monoisotopic (exact) mass is 371 g/mol. The Bertz CT molecular complexity index is 700. The Morgan fingerprint density at radius 3 is 2.33 bits per heavy atom. The highest BCUT2D eigenvalue weighted by molar-refractivity contribution is 6.13. The topological polar surface area (TPSA) is 52.7 Å². The normalized spacial score (nSPS) is 18.9. The number of anilines is 2. The van der Waals surface area contributed by atoms with Crippen LogP contribution in [0.1, 0.15) is 52.0 Å². The predicted molar refractivity (Wildman–Crippen MR) is 110 cm³/mol. The van der Waals surface area contributed by atoms with Crippen molar-refractivity contribution in [3.8, 4) is 0 Å². The third kappa shape index (κ3) is 3.97. The molecule has 1 N–H and O–H groups in total. The Kier molecular flexibility index (Phi) is 5.78. The van der Waals surface area contributed by atoms with Crippen molar-refractivity contribution >= 4 is 23.2 Å². The Morgan fingerprint density at radius 2 is 1.81 bits per heavy atom. The number of carbonyl (C=O) groups excluding carboxylic acids is 2. The van der Waals surface area contributed by atoms with E-state index >= 15 is 0 Å². The van der Waals surface area contributed by atoms with Gasteiger partial charge in [0.15, 0.2) is 0 Å². The largest absolute Gasteiger partial charge is 0.372 e. The first-order chi connectivity index (χ1) is 12.9. The molecule has 3 rings (SSSR count). The summed E-state index contributed by atoms with van der Waals surface area (Å²) in [6.45, 7) is 12.0. The van der Waals surface area contributed by atoms with Gasteiger partial charge in [0.1, 0.15) is 5.41 Å². The van der Waals surface area contributed by atoms with Crippen molar-refractivity contribution in [1.29, 1.82) is 0 Å². The Hall–Kier alpha value is -2.04. The molecule has 0 bridgehead atoms. The molecule has 0 radical (unpaired) electrons. The number of hydrogen-bond acceptors (Lipinski definition) is 3. The molecule has 2 aliphatic rings. The fourth-order valence-corrected chi connectivity index (χ4v) is 3.99. The summed E-state index contributed by atoms with van der Waals surface area (Å²) >= 11 is 0. The minimum Gasteiger partial charge on any atom is -0.372 e. The fraction of sp³-hybridized carbons (Fsp3) is 0.636. The molecule has 27 heavy (non-hydrogen) atoms. The highest BCUT2D eigenvalue weighted by atomic mass is 16.2. The van der Waals surface area contributed by atoms with Gasteiger partial charge in [-0.25, -0.2) is 0 Å². The van der Waals surface area contributed by atoms with Crippen molar-refractivity contribution in [2.45, 2.75) is 53.4 Å². The van der Waals surface area contributed by atoms with Crippen LogP contribution in [0.4, 0.5) is 11.4 Å². The van der Waals surface area contributed by atoms with Gasteiger partial charge in [-0.2, -0.15) is 0 Å². The average Bonchev–Trinajstić information content (AvgIpc) is 3.47. The number of nitrogens with zero attached hydrogens (tertiary/aromatic N) is 2. The van der Waals surface area contributed by atoms with Gasteiger partial charge in [-0.1, -0.05) is 6.92 Å². The highest BCUT2D eigenvalue weighted by Crippen LogP contribution is 2.48. The van der Waals surface area contributed by atoms with Gasteiger partial charge in [0.2, 0.25) is 11.8 Å². The molecule has 1 aliphatic carbocycles. The van der Waals surface area contributed by atoms with Gasteiger partial charge in [0.05, 0.1) is 0 Å². The molecule has 2 amide bonds. The maximum atomic E-state index is 13.0. The molecule has 148 valence electrons. The molecule has 2 fully saturated rings. The number of likely N-dealkylation sites (tertiary alicyclic amines) is 1. The number of carbonyl (C=O) groups is 2. The van der Waals surface area contributed by atoms with Gasteiger partial charge in [-0.3, -0.25) is 9.59 Å². The molecule has 1 heterocycles. The summed E-state index contributed by atoms with van der Waals surface area (Å²) in [5.74, 6) is 0.569. The van der Waals surface area contributed by atoms with E-state index in [1.807, 2.05) is 24.0 Å². The second kappa shape index (κ2) is 7.91. The molecule has 1 aromatic carbocycles. The second-order valence-electron chi connectivity index (χ2n) is 8.18. The summed E-state index contributed by atoms with van der Waals surface area (Å²) in [6, 6.07) is 6.11. The summed E-state index contributed by atoms with van der Waals surface area (Å²) in [4.78, 5) is 30.1. The molecule has 5 nitrogen and oxygen atoms in total. The zero-order valence-corrected chi connectivity index (χ0v) is 17.2. The molecule has 5 heteroatoms. The maximum Gasteiger partial charge on any atom is 0.240 e. The van der Waals surface area contributed by atoms with E-state index in [-0.39, 0.29) is 11.8 Å². The van der Waals surface area contributed by atoms with E-state index in [4.69, 9.17) is 0 Å². The number of hydrogen-bond donors (Lipinski definition) is 1. The molecule has 0 unspecified atom stereocenters. The molecule has 0 atom stereocenters. The lowest BCUT2D eigenvalue weighted by molar-refractivity contribution is -0.143. The number of aryl methyl sites for hydroxylation is 1. The molecule has 1 aromatic rings. The van der Waals surface area contributed by atoms with Crippen molar-refractivity contribution < 1.29 is 9.59 Å². The lowest BCUT2D eigenvalue weighted by atomic mass is 9.96. The lowest BCUT2D eigenvalue weighted by Crippen LogP contribution is -2.46. The second-order valence-corrected chi connectivity index (χ2v) is 8.18. The van der Waals surface area contributed by atoms with Gasteiger partial charge in [-0.15, -0.1) is 0 Å². The van der Waals surface area contributed by atoms with Crippen LogP contribution in [0.3, 0.4) is 0 Å². The average molecular weight is 372 g/mol. The molecular weight excluding hydrogens is 338 g/mol. The minimum atomic E-state index is -0.829. The maximum absolute atomic E-state index is 13.0. The zero-order valence-electron chi connectivity index (χ0n) is 17.2. The van der Waals surface area contributed by atoms with Crippen LogP contribution in [0, 0.1) is 18.3 Å². The fourth-order valence-electron chi connectivity index (χ4n) is 3.99. The third-order valence-corrected chi connectivity index (χ3v) is 6.25. The van der Waals surface area contributed by atoms with Gasteiger partial charge in [0.25, 0.3) is 0 Å². The van der Waals surface area contributed by atoms with E-state index in [9.17, 15) is 9.59 Å². The Morgan fingerprint density at radius 1 is 1.19 bits per heavy atom. The quantitative estimate of drug-likeness (QED) is 0.774. The summed E-state index contributed by atoms with van der Waals surface area (Å²) in [5.41, 5.74) is 2.17. The van der Waals surface area contributed by atoms with Crippen LogP contribution in [-0.4, -0.2) is 42.9 Å². The van der Waals surface area contributed by atoms with E-state index in [1.165, 1.54) is 0 Å². The van der Waals surface area contributed by atoms with Gasteiger partial charge < -0.3 is 15.1 Å². The van der Waals surface area contributed by atoms with Crippen molar-refractivity contribution in [3.05, 3.63) is 23.8 Å². The minimum absolute atomic E-state index is 0.0318. The standard InChI is InChI=1S/C22H33N3O2/c1-5-24(6-2)18-7-8-19(17(4)15-18)23-20(26)22(11-12-22)21(27)25-13-9-16(3)10-14-25/h7-8,15-16H,5-6,9-14H2,1-4H3,(H,23,26). The van der Waals surface area contributed by atoms with Gasteiger partial charge >= 0.3 is 0 Å². The summed E-state index contributed by atoms with van der Waals surface area (Å²) < 4.78 is 0. The molecule has 1 saturated heterocycles. The van der Waals surface area contributed by atoms with E-state index in [0.717, 1.165) is 56.0 Å².